The third kappa shape index (κ3) is 6.61. The number of hydrogen-bond acceptors (Lipinski definition) is 5. The molecule has 2 aromatic rings. The zero-order valence-electron chi connectivity index (χ0n) is 18.8. The van der Waals surface area contributed by atoms with E-state index >= 15 is 0 Å². The maximum atomic E-state index is 12.9. The molecule has 3 amide bonds. The van der Waals surface area contributed by atoms with Gasteiger partial charge in [0.1, 0.15) is 18.9 Å². The first-order chi connectivity index (χ1) is 16.8. The van der Waals surface area contributed by atoms with Crippen LogP contribution in [0.1, 0.15) is 36.8 Å². The Morgan fingerprint density at radius 2 is 1.80 bits per heavy atom. The zero-order chi connectivity index (χ0) is 24.9. The van der Waals surface area contributed by atoms with E-state index in [0.29, 0.717) is 33.4 Å². The van der Waals surface area contributed by atoms with Gasteiger partial charge in [0.25, 0.3) is 11.1 Å². The van der Waals surface area contributed by atoms with Crippen LogP contribution < -0.4 is 4.74 Å². The Balaban J connectivity index is 1.40. The van der Waals surface area contributed by atoms with E-state index in [-0.39, 0.29) is 24.0 Å². The van der Waals surface area contributed by atoms with Crippen molar-refractivity contribution in [1.82, 2.24) is 9.80 Å². The summed E-state index contributed by atoms with van der Waals surface area (Å²) < 4.78 is 6.55. The molecule has 0 atom stereocenters. The van der Waals surface area contributed by atoms with Crippen LogP contribution in [-0.2, 0) is 16.2 Å². The van der Waals surface area contributed by atoms with Crippen LogP contribution in [0.5, 0.6) is 5.75 Å². The molecule has 6 nitrogen and oxygen atoms in total. The zero-order valence-corrected chi connectivity index (χ0v) is 22.7. The number of benzene rings is 2. The molecular formula is C25H23BrCl2N2O4S. The molecule has 0 N–H and O–H groups in total. The predicted octanol–water partition coefficient (Wildman–Crippen LogP) is 6.77. The van der Waals surface area contributed by atoms with E-state index in [1.165, 1.54) is 0 Å². The lowest BCUT2D eigenvalue weighted by atomic mass is 10.2. The summed E-state index contributed by atoms with van der Waals surface area (Å²) in [6.45, 7) is 1.40. The summed E-state index contributed by atoms with van der Waals surface area (Å²) in [7, 11) is 0. The van der Waals surface area contributed by atoms with Crippen LogP contribution in [0.4, 0.5) is 4.79 Å². The molecule has 0 unspecified atom stereocenters. The van der Waals surface area contributed by atoms with E-state index in [1.54, 1.807) is 47.4 Å². The molecule has 0 bridgehead atoms. The second-order valence-corrected chi connectivity index (χ2v) is 11.0. The van der Waals surface area contributed by atoms with E-state index in [4.69, 9.17) is 27.9 Å². The minimum Gasteiger partial charge on any atom is -0.488 e. The molecule has 2 heterocycles. The van der Waals surface area contributed by atoms with Gasteiger partial charge in [-0.05, 0) is 76.4 Å². The van der Waals surface area contributed by atoms with Crippen LogP contribution in [0.25, 0.3) is 6.08 Å². The summed E-state index contributed by atoms with van der Waals surface area (Å²) >= 11 is 16.5. The van der Waals surface area contributed by atoms with Crippen LogP contribution in [0, 0.1) is 0 Å². The molecule has 35 heavy (non-hydrogen) atoms. The smallest absolute Gasteiger partial charge is 0.294 e. The molecular weight excluding hydrogens is 575 g/mol. The first kappa shape index (κ1) is 26.1. The number of likely N-dealkylation sites (tertiary alicyclic amines) is 1. The van der Waals surface area contributed by atoms with E-state index in [1.807, 2.05) is 0 Å². The van der Waals surface area contributed by atoms with Crippen molar-refractivity contribution in [3.8, 4) is 5.75 Å². The number of hydrogen-bond donors (Lipinski definition) is 0. The van der Waals surface area contributed by atoms with Gasteiger partial charge in [-0.3, -0.25) is 19.3 Å². The summed E-state index contributed by atoms with van der Waals surface area (Å²) in [4.78, 5) is 41.1. The fraction of sp³-hybridized carbons (Fsp3) is 0.320. The van der Waals surface area contributed by atoms with E-state index < -0.39 is 11.1 Å². The number of rotatable bonds is 6. The highest BCUT2D eigenvalue weighted by molar-refractivity contribution is 9.10. The van der Waals surface area contributed by atoms with Gasteiger partial charge in [-0.1, -0.05) is 48.2 Å². The number of halogens is 3. The number of thioether (sulfide) groups is 1. The topological polar surface area (TPSA) is 66.9 Å². The van der Waals surface area contributed by atoms with Crippen molar-refractivity contribution in [2.75, 3.05) is 19.6 Å². The molecule has 0 aromatic heterocycles. The van der Waals surface area contributed by atoms with Crippen molar-refractivity contribution >= 4 is 74.0 Å². The minimum absolute atomic E-state index is 0.180. The lowest BCUT2D eigenvalue weighted by Crippen LogP contribution is -2.42. The molecule has 2 aliphatic rings. The monoisotopic (exact) mass is 596 g/mol. The van der Waals surface area contributed by atoms with Crippen LogP contribution >= 0.6 is 50.9 Å². The normalized spacial score (nSPS) is 17.7. The van der Waals surface area contributed by atoms with Gasteiger partial charge in [-0.15, -0.1) is 0 Å². The van der Waals surface area contributed by atoms with Crippen molar-refractivity contribution < 1.29 is 19.1 Å². The average molecular weight is 598 g/mol. The summed E-state index contributed by atoms with van der Waals surface area (Å²) in [5.41, 5.74) is 1.52. The fourth-order valence-corrected chi connectivity index (χ4v) is 5.67. The Bertz CT molecular complexity index is 1180. The number of ether oxygens (including phenoxy) is 1. The molecule has 0 saturated carbocycles. The summed E-state index contributed by atoms with van der Waals surface area (Å²) in [6.07, 6.45) is 5.75. The van der Waals surface area contributed by atoms with Gasteiger partial charge in [0.2, 0.25) is 5.91 Å². The Labute approximate surface area is 226 Å². The molecule has 184 valence electrons. The molecule has 2 fully saturated rings. The van der Waals surface area contributed by atoms with Crippen molar-refractivity contribution in [2.45, 2.75) is 32.3 Å². The Kier molecular flexibility index (Phi) is 8.81. The Hall–Kier alpha value is -2.00. The fourth-order valence-electron chi connectivity index (χ4n) is 3.86. The van der Waals surface area contributed by atoms with E-state index in [2.05, 4.69) is 15.9 Å². The SMILES string of the molecule is O=C(CN1C(=O)SC(=Cc2ccc(OCc3ccc(Cl)cc3Cl)c(Br)c2)C1=O)N1CCCCCC1. The molecule has 2 aliphatic heterocycles. The summed E-state index contributed by atoms with van der Waals surface area (Å²) in [5, 5.41) is 0.651. The highest BCUT2D eigenvalue weighted by atomic mass is 79.9. The third-order valence-electron chi connectivity index (χ3n) is 5.78. The standard InChI is InChI=1S/C25H23BrCl2N2O4S/c26-19-11-16(5-8-21(19)34-15-17-6-7-18(27)13-20(17)28)12-22-24(32)30(25(33)35-22)14-23(31)29-9-3-1-2-4-10-29/h5-8,11-13H,1-4,9-10,14-15H2. The van der Waals surface area contributed by atoms with Gasteiger partial charge in [0.05, 0.1) is 9.38 Å². The first-order valence-corrected chi connectivity index (χ1v) is 13.6. The lowest BCUT2D eigenvalue weighted by molar-refractivity contribution is -0.135. The van der Waals surface area contributed by atoms with Crippen molar-refractivity contribution in [2.24, 2.45) is 0 Å². The third-order valence-corrected chi connectivity index (χ3v) is 7.89. The number of carbonyl (C=O) groups excluding carboxylic acids is 3. The molecule has 4 rings (SSSR count). The largest absolute Gasteiger partial charge is 0.488 e. The predicted molar refractivity (Wildman–Crippen MR) is 143 cm³/mol. The minimum atomic E-state index is -0.447. The van der Waals surface area contributed by atoms with Crippen LogP contribution in [-0.4, -0.2) is 46.5 Å². The van der Waals surface area contributed by atoms with Crippen molar-refractivity contribution in [1.29, 1.82) is 0 Å². The van der Waals surface area contributed by atoms with E-state index in [9.17, 15) is 14.4 Å². The highest BCUT2D eigenvalue weighted by Gasteiger charge is 2.37. The van der Waals surface area contributed by atoms with Gasteiger partial charge in [-0.25, -0.2) is 0 Å². The molecule has 0 radical (unpaired) electrons. The maximum Gasteiger partial charge on any atom is 0.294 e. The average Bonchev–Trinajstić information content (AvgIpc) is 3.01. The number of carbonyl (C=O) groups is 3. The van der Waals surface area contributed by atoms with Crippen molar-refractivity contribution in [3.05, 3.63) is 66.9 Å². The van der Waals surface area contributed by atoms with Gasteiger partial charge in [0.15, 0.2) is 0 Å². The highest BCUT2D eigenvalue weighted by Crippen LogP contribution is 2.34. The van der Waals surface area contributed by atoms with Crippen LogP contribution in [0.3, 0.4) is 0 Å². The van der Waals surface area contributed by atoms with Gasteiger partial charge in [0, 0.05) is 28.7 Å². The van der Waals surface area contributed by atoms with Gasteiger partial charge in [-0.2, -0.15) is 0 Å². The van der Waals surface area contributed by atoms with Crippen LogP contribution in [0.2, 0.25) is 10.0 Å². The molecule has 2 aromatic carbocycles. The molecule has 0 spiro atoms. The first-order valence-electron chi connectivity index (χ1n) is 11.2. The molecule has 0 aliphatic carbocycles. The molecule has 2 saturated heterocycles. The summed E-state index contributed by atoms with van der Waals surface area (Å²) in [5.74, 6) is -0.0261. The van der Waals surface area contributed by atoms with Gasteiger partial charge >= 0.3 is 0 Å². The number of imide groups is 1. The van der Waals surface area contributed by atoms with Crippen molar-refractivity contribution in [3.63, 3.8) is 0 Å². The van der Waals surface area contributed by atoms with Gasteiger partial charge < -0.3 is 9.64 Å². The Morgan fingerprint density at radius 1 is 1.06 bits per heavy atom. The van der Waals surface area contributed by atoms with E-state index in [0.717, 1.165) is 53.5 Å². The lowest BCUT2D eigenvalue weighted by Gasteiger charge is -2.22. The second kappa shape index (κ2) is 11.8. The number of amides is 3. The summed E-state index contributed by atoms with van der Waals surface area (Å²) in [6, 6.07) is 10.6. The Morgan fingerprint density at radius 3 is 2.49 bits per heavy atom. The number of nitrogens with zero attached hydrogens (tertiary/aromatic N) is 2. The second-order valence-electron chi connectivity index (χ2n) is 8.28. The molecule has 10 heteroatoms. The maximum absolute atomic E-state index is 12.9. The quantitative estimate of drug-likeness (QED) is 0.344. The van der Waals surface area contributed by atoms with Crippen LogP contribution in [0.15, 0.2) is 45.8 Å².